The summed E-state index contributed by atoms with van der Waals surface area (Å²) in [6, 6.07) is 2.01. The lowest BCUT2D eigenvalue weighted by Crippen LogP contribution is -2.06. The number of halogens is 1. The molecular weight excluding hydrogens is 222 g/mol. The zero-order valence-corrected chi connectivity index (χ0v) is 11.2. The average molecular weight is 244 g/mol. The fraction of sp³-hybridized carbons (Fsp3) is 0.667. The highest BCUT2D eigenvalue weighted by molar-refractivity contribution is 5.85. The van der Waals surface area contributed by atoms with Gasteiger partial charge in [-0.15, -0.1) is 12.4 Å². The molecule has 1 aromatic heterocycles. The number of anilines is 1. The van der Waals surface area contributed by atoms with E-state index in [4.69, 9.17) is 0 Å². The first-order chi connectivity index (χ1) is 7.26. The van der Waals surface area contributed by atoms with Crippen molar-refractivity contribution in [1.82, 2.24) is 9.97 Å². The van der Waals surface area contributed by atoms with Gasteiger partial charge in [0, 0.05) is 24.7 Å². The monoisotopic (exact) mass is 243 g/mol. The van der Waals surface area contributed by atoms with Crippen LogP contribution in [0.3, 0.4) is 0 Å². The van der Waals surface area contributed by atoms with Gasteiger partial charge in [-0.25, -0.2) is 9.97 Å². The number of nitrogens with zero attached hydrogens (tertiary/aromatic N) is 2. The third-order valence-corrected chi connectivity index (χ3v) is 2.21. The van der Waals surface area contributed by atoms with Gasteiger partial charge < -0.3 is 5.32 Å². The summed E-state index contributed by atoms with van der Waals surface area (Å²) in [5, 5.41) is 3.33. The quantitative estimate of drug-likeness (QED) is 0.779. The summed E-state index contributed by atoms with van der Waals surface area (Å²) in [7, 11) is 0. The smallest absolute Gasteiger partial charge is 0.130 e. The third kappa shape index (κ3) is 5.31. The van der Waals surface area contributed by atoms with Gasteiger partial charge in [0.25, 0.3) is 0 Å². The minimum atomic E-state index is 0. The zero-order chi connectivity index (χ0) is 11.1. The maximum Gasteiger partial charge on any atom is 0.130 e. The highest BCUT2D eigenvalue weighted by Crippen LogP contribution is 2.07. The molecule has 0 saturated carbocycles. The van der Waals surface area contributed by atoms with Crippen molar-refractivity contribution in [2.24, 2.45) is 0 Å². The van der Waals surface area contributed by atoms with Gasteiger partial charge >= 0.3 is 0 Å². The lowest BCUT2D eigenvalue weighted by atomic mass is 10.3. The second-order valence-corrected chi connectivity index (χ2v) is 3.84. The van der Waals surface area contributed by atoms with Crippen molar-refractivity contribution in [1.29, 1.82) is 0 Å². The molecule has 0 bridgehead atoms. The molecule has 1 N–H and O–H groups in total. The summed E-state index contributed by atoms with van der Waals surface area (Å²) in [5.41, 5.74) is 1.05. The highest BCUT2D eigenvalue weighted by Gasteiger charge is 2.00. The fourth-order valence-corrected chi connectivity index (χ4v) is 1.45. The van der Waals surface area contributed by atoms with Crippen LogP contribution in [0.4, 0.5) is 5.82 Å². The highest BCUT2D eigenvalue weighted by atomic mass is 35.5. The molecule has 16 heavy (non-hydrogen) atoms. The Morgan fingerprint density at radius 2 is 1.94 bits per heavy atom. The van der Waals surface area contributed by atoms with Crippen LogP contribution < -0.4 is 5.32 Å². The standard InChI is InChI=1S/C12H21N3.ClH/c1-4-6-8-13-12-9-10(3)14-11(15-12)7-5-2;/h9H,4-8H2,1-3H3,(H,13,14,15);1H. The molecule has 0 aromatic carbocycles. The van der Waals surface area contributed by atoms with Crippen molar-refractivity contribution >= 4 is 18.2 Å². The van der Waals surface area contributed by atoms with Gasteiger partial charge in [0.1, 0.15) is 11.6 Å². The molecule has 0 aliphatic carbocycles. The second kappa shape index (κ2) is 8.34. The van der Waals surface area contributed by atoms with E-state index in [9.17, 15) is 0 Å². The molecular formula is C12H22ClN3. The molecule has 0 fully saturated rings. The van der Waals surface area contributed by atoms with Crippen LogP contribution >= 0.6 is 12.4 Å². The molecule has 0 saturated heterocycles. The molecule has 0 aliphatic rings. The van der Waals surface area contributed by atoms with E-state index in [1.807, 2.05) is 13.0 Å². The van der Waals surface area contributed by atoms with Crippen LogP contribution in [-0.4, -0.2) is 16.5 Å². The number of aromatic nitrogens is 2. The minimum Gasteiger partial charge on any atom is -0.370 e. The summed E-state index contributed by atoms with van der Waals surface area (Å²) < 4.78 is 0. The van der Waals surface area contributed by atoms with E-state index in [2.05, 4.69) is 29.1 Å². The Kier molecular flexibility index (Phi) is 7.90. The van der Waals surface area contributed by atoms with Crippen LogP contribution in [0.1, 0.15) is 44.6 Å². The maximum atomic E-state index is 4.47. The van der Waals surface area contributed by atoms with E-state index >= 15 is 0 Å². The summed E-state index contributed by atoms with van der Waals surface area (Å²) in [6.07, 6.45) is 4.45. The molecule has 92 valence electrons. The fourth-order valence-electron chi connectivity index (χ4n) is 1.45. The van der Waals surface area contributed by atoms with Gasteiger partial charge in [-0.2, -0.15) is 0 Å². The predicted octanol–water partition coefficient (Wildman–Crippen LogP) is 3.37. The van der Waals surface area contributed by atoms with Crippen LogP contribution in [0.15, 0.2) is 6.07 Å². The molecule has 0 atom stereocenters. The van der Waals surface area contributed by atoms with E-state index < -0.39 is 0 Å². The molecule has 0 unspecified atom stereocenters. The van der Waals surface area contributed by atoms with Crippen LogP contribution in [0.25, 0.3) is 0 Å². The Labute approximate surface area is 104 Å². The molecule has 0 spiro atoms. The average Bonchev–Trinajstić information content (AvgIpc) is 2.18. The molecule has 3 nitrogen and oxygen atoms in total. The van der Waals surface area contributed by atoms with Gasteiger partial charge in [0.15, 0.2) is 0 Å². The van der Waals surface area contributed by atoms with E-state index in [-0.39, 0.29) is 12.4 Å². The number of nitrogens with one attached hydrogen (secondary N) is 1. The van der Waals surface area contributed by atoms with Gasteiger partial charge in [0.2, 0.25) is 0 Å². The van der Waals surface area contributed by atoms with Crippen LogP contribution in [0.5, 0.6) is 0 Å². The predicted molar refractivity (Wildman–Crippen MR) is 71.4 cm³/mol. The van der Waals surface area contributed by atoms with Gasteiger partial charge in [0.05, 0.1) is 0 Å². The van der Waals surface area contributed by atoms with Crippen LogP contribution in [-0.2, 0) is 6.42 Å². The van der Waals surface area contributed by atoms with Crippen molar-refractivity contribution < 1.29 is 0 Å². The third-order valence-electron chi connectivity index (χ3n) is 2.21. The van der Waals surface area contributed by atoms with Crippen molar-refractivity contribution in [3.63, 3.8) is 0 Å². The van der Waals surface area contributed by atoms with Crippen LogP contribution in [0.2, 0.25) is 0 Å². The number of rotatable bonds is 6. The molecule has 1 heterocycles. The first kappa shape index (κ1) is 15.2. The van der Waals surface area contributed by atoms with E-state index in [0.717, 1.165) is 36.7 Å². The normalized spacial score (nSPS) is 9.69. The Morgan fingerprint density at radius 1 is 1.19 bits per heavy atom. The van der Waals surface area contributed by atoms with Gasteiger partial charge in [-0.05, 0) is 19.8 Å². The number of aryl methyl sites for hydroxylation is 2. The van der Waals surface area contributed by atoms with Crippen molar-refractivity contribution in [3.05, 3.63) is 17.6 Å². The van der Waals surface area contributed by atoms with E-state index in [0.29, 0.717) is 0 Å². The molecule has 0 aliphatic heterocycles. The summed E-state index contributed by atoms with van der Waals surface area (Å²) >= 11 is 0. The van der Waals surface area contributed by atoms with Crippen molar-refractivity contribution in [2.45, 2.75) is 46.5 Å². The molecule has 0 amide bonds. The molecule has 1 aromatic rings. The first-order valence-corrected chi connectivity index (χ1v) is 5.84. The molecule has 1 rings (SSSR count). The van der Waals surface area contributed by atoms with Crippen molar-refractivity contribution in [3.8, 4) is 0 Å². The topological polar surface area (TPSA) is 37.8 Å². The SMILES string of the molecule is CCCCNc1cc(C)nc(CCC)n1.Cl. The number of hydrogen-bond donors (Lipinski definition) is 1. The molecule has 4 heteroatoms. The molecule has 0 radical (unpaired) electrons. The summed E-state index contributed by atoms with van der Waals surface area (Å²) in [6.45, 7) is 7.36. The first-order valence-electron chi connectivity index (χ1n) is 5.84. The van der Waals surface area contributed by atoms with Crippen molar-refractivity contribution in [2.75, 3.05) is 11.9 Å². The summed E-state index contributed by atoms with van der Waals surface area (Å²) in [4.78, 5) is 8.87. The maximum absolute atomic E-state index is 4.47. The summed E-state index contributed by atoms with van der Waals surface area (Å²) in [5.74, 6) is 1.93. The van der Waals surface area contributed by atoms with Gasteiger partial charge in [-0.1, -0.05) is 20.3 Å². The largest absolute Gasteiger partial charge is 0.370 e. The lowest BCUT2D eigenvalue weighted by molar-refractivity contribution is 0.808. The Bertz CT molecular complexity index is 302. The minimum absolute atomic E-state index is 0. The zero-order valence-electron chi connectivity index (χ0n) is 10.4. The van der Waals surface area contributed by atoms with E-state index in [1.165, 1.54) is 12.8 Å². The van der Waals surface area contributed by atoms with Gasteiger partial charge in [-0.3, -0.25) is 0 Å². The Balaban J connectivity index is 0.00000225. The lowest BCUT2D eigenvalue weighted by Gasteiger charge is -2.07. The van der Waals surface area contributed by atoms with Crippen LogP contribution in [0, 0.1) is 6.92 Å². The van der Waals surface area contributed by atoms with E-state index in [1.54, 1.807) is 0 Å². The Hall–Kier alpha value is -0.830. The Morgan fingerprint density at radius 3 is 2.56 bits per heavy atom. The number of hydrogen-bond acceptors (Lipinski definition) is 3. The number of unbranched alkanes of at least 4 members (excludes halogenated alkanes) is 1. The second-order valence-electron chi connectivity index (χ2n) is 3.84.